The molecule has 2 aromatic rings. The SMILES string of the molecule is CCCCC[C@H]1CCC(=O)N1CCNC(=O)[C@@H](Cc1ccccc1)N1C(=O)c2ccccc2C1=O. The molecule has 2 aromatic carbocycles. The van der Waals surface area contributed by atoms with Crippen molar-refractivity contribution in [2.45, 2.75) is 64.0 Å². The van der Waals surface area contributed by atoms with Crippen LogP contribution in [0.3, 0.4) is 0 Å². The highest BCUT2D eigenvalue weighted by Gasteiger charge is 2.42. The molecular weight excluding hydrogens is 442 g/mol. The number of carbonyl (C=O) groups is 4. The minimum Gasteiger partial charge on any atom is -0.353 e. The molecule has 4 rings (SSSR count). The van der Waals surface area contributed by atoms with E-state index in [2.05, 4.69) is 12.2 Å². The third kappa shape index (κ3) is 5.45. The Bertz CT molecular complexity index is 1050. The first kappa shape index (κ1) is 24.6. The lowest BCUT2D eigenvalue weighted by molar-refractivity contribution is -0.130. The van der Waals surface area contributed by atoms with Gasteiger partial charge in [0.25, 0.3) is 11.8 Å². The Balaban J connectivity index is 1.45. The molecule has 2 aliphatic heterocycles. The first-order chi connectivity index (χ1) is 17.0. The third-order valence-corrected chi connectivity index (χ3v) is 6.96. The molecule has 1 saturated heterocycles. The molecule has 2 atom stereocenters. The van der Waals surface area contributed by atoms with Gasteiger partial charge in [-0.3, -0.25) is 24.1 Å². The Morgan fingerprint density at radius 3 is 2.29 bits per heavy atom. The summed E-state index contributed by atoms with van der Waals surface area (Å²) in [5.74, 6) is -1.17. The summed E-state index contributed by atoms with van der Waals surface area (Å²) in [5.41, 5.74) is 1.50. The molecule has 2 heterocycles. The van der Waals surface area contributed by atoms with E-state index in [9.17, 15) is 19.2 Å². The topological polar surface area (TPSA) is 86.8 Å². The number of likely N-dealkylation sites (tertiary alicyclic amines) is 1. The van der Waals surface area contributed by atoms with Gasteiger partial charge >= 0.3 is 0 Å². The molecule has 0 saturated carbocycles. The van der Waals surface area contributed by atoms with Crippen LogP contribution in [0.2, 0.25) is 0 Å². The average Bonchev–Trinajstić information content (AvgIpc) is 3.35. The fourth-order valence-electron chi connectivity index (χ4n) is 5.08. The van der Waals surface area contributed by atoms with Gasteiger partial charge in [0, 0.05) is 32.0 Å². The van der Waals surface area contributed by atoms with Crippen LogP contribution in [0.15, 0.2) is 54.6 Å². The van der Waals surface area contributed by atoms with Crippen molar-refractivity contribution < 1.29 is 19.2 Å². The van der Waals surface area contributed by atoms with Crippen molar-refractivity contribution in [3.8, 4) is 0 Å². The van der Waals surface area contributed by atoms with Gasteiger partial charge in [-0.25, -0.2) is 0 Å². The van der Waals surface area contributed by atoms with E-state index in [0.29, 0.717) is 24.1 Å². The molecule has 0 aliphatic carbocycles. The number of rotatable bonds is 11. The fourth-order valence-corrected chi connectivity index (χ4v) is 5.08. The van der Waals surface area contributed by atoms with E-state index in [1.165, 1.54) is 0 Å². The second kappa shape index (κ2) is 11.3. The van der Waals surface area contributed by atoms with Crippen LogP contribution in [0.1, 0.15) is 71.7 Å². The van der Waals surface area contributed by atoms with Gasteiger partial charge in [-0.2, -0.15) is 0 Å². The maximum Gasteiger partial charge on any atom is 0.262 e. The van der Waals surface area contributed by atoms with Crippen LogP contribution in [-0.4, -0.2) is 58.6 Å². The largest absolute Gasteiger partial charge is 0.353 e. The number of unbranched alkanes of at least 4 members (excludes halogenated alkanes) is 2. The summed E-state index contributed by atoms with van der Waals surface area (Å²) in [4.78, 5) is 55.0. The van der Waals surface area contributed by atoms with Crippen molar-refractivity contribution in [2.24, 2.45) is 0 Å². The highest BCUT2D eigenvalue weighted by molar-refractivity contribution is 6.22. The zero-order chi connectivity index (χ0) is 24.8. The summed E-state index contributed by atoms with van der Waals surface area (Å²) < 4.78 is 0. The number of fused-ring (bicyclic) bond motifs is 1. The quantitative estimate of drug-likeness (QED) is 0.398. The van der Waals surface area contributed by atoms with Crippen molar-refractivity contribution in [3.63, 3.8) is 0 Å². The molecule has 0 aromatic heterocycles. The van der Waals surface area contributed by atoms with Gasteiger partial charge in [0.15, 0.2) is 0 Å². The second-order valence-corrected chi connectivity index (χ2v) is 9.30. The molecule has 7 heteroatoms. The molecule has 4 amide bonds. The molecule has 0 spiro atoms. The van der Waals surface area contributed by atoms with Gasteiger partial charge in [0.05, 0.1) is 11.1 Å². The van der Waals surface area contributed by atoms with E-state index in [-0.39, 0.29) is 24.9 Å². The Morgan fingerprint density at radius 1 is 0.971 bits per heavy atom. The van der Waals surface area contributed by atoms with Gasteiger partial charge in [0.1, 0.15) is 6.04 Å². The maximum absolute atomic E-state index is 13.4. The molecule has 1 fully saturated rings. The summed E-state index contributed by atoms with van der Waals surface area (Å²) in [7, 11) is 0. The normalized spacial score (nSPS) is 18.2. The monoisotopic (exact) mass is 475 g/mol. The number of hydrogen-bond acceptors (Lipinski definition) is 4. The maximum atomic E-state index is 13.4. The highest BCUT2D eigenvalue weighted by Crippen LogP contribution is 2.26. The van der Waals surface area contributed by atoms with Crippen molar-refractivity contribution in [1.29, 1.82) is 0 Å². The van der Waals surface area contributed by atoms with E-state index in [0.717, 1.165) is 42.6 Å². The van der Waals surface area contributed by atoms with E-state index in [4.69, 9.17) is 0 Å². The number of nitrogens with one attached hydrogen (secondary N) is 1. The highest BCUT2D eigenvalue weighted by atomic mass is 16.2. The second-order valence-electron chi connectivity index (χ2n) is 9.30. The summed E-state index contributed by atoms with van der Waals surface area (Å²) in [6.45, 7) is 2.87. The summed E-state index contributed by atoms with van der Waals surface area (Å²) >= 11 is 0. The first-order valence-electron chi connectivity index (χ1n) is 12.6. The number of hydrogen-bond donors (Lipinski definition) is 1. The van der Waals surface area contributed by atoms with Crippen LogP contribution >= 0.6 is 0 Å². The molecular formula is C28H33N3O4. The van der Waals surface area contributed by atoms with Crippen LogP contribution < -0.4 is 5.32 Å². The summed E-state index contributed by atoms with van der Waals surface area (Å²) in [6, 6.07) is 15.3. The molecule has 35 heavy (non-hydrogen) atoms. The van der Waals surface area contributed by atoms with Crippen molar-refractivity contribution in [3.05, 3.63) is 71.3 Å². The molecule has 0 radical (unpaired) electrons. The van der Waals surface area contributed by atoms with E-state index >= 15 is 0 Å². The number of amides is 4. The Kier molecular flexibility index (Phi) is 7.95. The van der Waals surface area contributed by atoms with Crippen molar-refractivity contribution in [1.82, 2.24) is 15.1 Å². The molecule has 0 bridgehead atoms. The average molecular weight is 476 g/mol. The minimum absolute atomic E-state index is 0.127. The van der Waals surface area contributed by atoms with Gasteiger partial charge in [-0.15, -0.1) is 0 Å². The van der Waals surface area contributed by atoms with Crippen LogP contribution in [0.25, 0.3) is 0 Å². The zero-order valence-electron chi connectivity index (χ0n) is 20.2. The number of benzene rings is 2. The molecule has 2 aliphatic rings. The third-order valence-electron chi connectivity index (χ3n) is 6.96. The minimum atomic E-state index is -0.973. The van der Waals surface area contributed by atoms with E-state index < -0.39 is 23.8 Å². The van der Waals surface area contributed by atoms with E-state index in [1.54, 1.807) is 24.3 Å². The van der Waals surface area contributed by atoms with Crippen LogP contribution in [0.4, 0.5) is 0 Å². The first-order valence-corrected chi connectivity index (χ1v) is 12.6. The predicted octanol–water partition coefficient (Wildman–Crippen LogP) is 3.58. The molecule has 7 nitrogen and oxygen atoms in total. The van der Waals surface area contributed by atoms with Crippen LogP contribution in [0.5, 0.6) is 0 Å². The fraction of sp³-hybridized carbons (Fsp3) is 0.429. The Labute approximate surface area is 206 Å². The molecule has 184 valence electrons. The van der Waals surface area contributed by atoms with Gasteiger partial charge in [-0.05, 0) is 30.5 Å². The van der Waals surface area contributed by atoms with Crippen molar-refractivity contribution in [2.75, 3.05) is 13.1 Å². The Morgan fingerprint density at radius 2 is 1.63 bits per heavy atom. The standard InChI is InChI=1S/C28H33N3O4/c1-2-3-5-12-21-15-16-25(32)30(21)18-17-29-26(33)24(19-20-10-6-4-7-11-20)31-27(34)22-13-8-9-14-23(22)28(31)35/h4,6-11,13-14,21,24H,2-3,5,12,15-19H2,1H3,(H,29,33)/t21-,24+/m0/s1. The number of nitrogens with zero attached hydrogens (tertiary/aromatic N) is 2. The Hall–Kier alpha value is -3.48. The van der Waals surface area contributed by atoms with Gasteiger partial charge < -0.3 is 10.2 Å². The van der Waals surface area contributed by atoms with Crippen molar-refractivity contribution >= 4 is 23.6 Å². The zero-order valence-corrected chi connectivity index (χ0v) is 20.2. The molecule has 1 N–H and O–H groups in total. The number of carbonyl (C=O) groups excluding carboxylic acids is 4. The smallest absolute Gasteiger partial charge is 0.262 e. The van der Waals surface area contributed by atoms with Crippen LogP contribution in [-0.2, 0) is 16.0 Å². The molecule has 0 unspecified atom stereocenters. The lowest BCUT2D eigenvalue weighted by atomic mass is 10.0. The lowest BCUT2D eigenvalue weighted by Gasteiger charge is -2.27. The van der Waals surface area contributed by atoms with Gasteiger partial charge in [-0.1, -0.05) is 68.7 Å². The predicted molar refractivity (Wildman–Crippen MR) is 133 cm³/mol. The van der Waals surface area contributed by atoms with Gasteiger partial charge in [0.2, 0.25) is 11.8 Å². The lowest BCUT2D eigenvalue weighted by Crippen LogP contribution is -2.52. The number of imide groups is 1. The van der Waals surface area contributed by atoms with E-state index in [1.807, 2.05) is 35.2 Å². The summed E-state index contributed by atoms with van der Waals surface area (Å²) in [6.07, 6.45) is 6.00. The summed E-state index contributed by atoms with van der Waals surface area (Å²) in [5, 5.41) is 2.90. The van der Waals surface area contributed by atoms with Crippen LogP contribution in [0, 0.1) is 0 Å².